The normalized spacial score (nSPS) is 16.3. The zero-order chi connectivity index (χ0) is 20.6. The van der Waals surface area contributed by atoms with Crippen LogP contribution in [0.2, 0.25) is 0 Å². The van der Waals surface area contributed by atoms with E-state index in [0.717, 1.165) is 24.0 Å². The first-order valence-corrected chi connectivity index (χ1v) is 11.1. The molecule has 0 unspecified atom stereocenters. The highest BCUT2D eigenvalue weighted by atomic mass is 32.2. The minimum absolute atomic E-state index is 0.00523. The van der Waals surface area contributed by atoms with Crippen LogP contribution in [0.15, 0.2) is 47.4 Å². The zero-order valence-electron chi connectivity index (χ0n) is 16.1. The molecule has 2 aliphatic rings. The van der Waals surface area contributed by atoms with Crippen molar-refractivity contribution < 1.29 is 18.0 Å². The van der Waals surface area contributed by atoms with Gasteiger partial charge in [0.25, 0.3) is 5.91 Å². The summed E-state index contributed by atoms with van der Waals surface area (Å²) in [5.74, 6) is -0.225. The molecule has 1 heterocycles. The monoisotopic (exact) mass is 413 g/mol. The van der Waals surface area contributed by atoms with Crippen LogP contribution in [0, 0.1) is 0 Å². The minimum atomic E-state index is -3.67. The van der Waals surface area contributed by atoms with Crippen molar-refractivity contribution >= 4 is 27.5 Å². The molecule has 1 fully saturated rings. The lowest BCUT2D eigenvalue weighted by Gasteiger charge is -2.24. The molecule has 0 radical (unpaired) electrons. The molecule has 2 aromatic carbocycles. The summed E-state index contributed by atoms with van der Waals surface area (Å²) in [5, 5.41) is 5.35. The highest BCUT2D eigenvalue weighted by molar-refractivity contribution is 7.89. The van der Waals surface area contributed by atoms with Gasteiger partial charge in [-0.05, 0) is 60.7 Å². The highest BCUT2D eigenvalue weighted by Crippen LogP contribution is 2.35. The summed E-state index contributed by atoms with van der Waals surface area (Å²) < 4.78 is 28.3. The maximum Gasteiger partial charge on any atom is 0.251 e. The largest absolute Gasteiger partial charge is 0.355 e. The third kappa shape index (κ3) is 4.04. The Morgan fingerprint density at radius 1 is 1.14 bits per heavy atom. The van der Waals surface area contributed by atoms with Gasteiger partial charge in [0.15, 0.2) is 0 Å². The molecule has 8 heteroatoms. The third-order valence-electron chi connectivity index (χ3n) is 5.31. The van der Waals surface area contributed by atoms with Gasteiger partial charge in [-0.2, -0.15) is 4.31 Å². The number of aryl methyl sites for hydroxylation is 1. The topological polar surface area (TPSA) is 95.6 Å². The Kier molecular flexibility index (Phi) is 5.14. The van der Waals surface area contributed by atoms with E-state index in [0.29, 0.717) is 24.1 Å². The number of nitrogens with one attached hydrogen (secondary N) is 2. The second-order valence-electron chi connectivity index (χ2n) is 7.42. The summed E-state index contributed by atoms with van der Waals surface area (Å²) in [6, 6.07) is 11.9. The van der Waals surface area contributed by atoms with E-state index >= 15 is 0 Å². The van der Waals surface area contributed by atoms with Gasteiger partial charge < -0.3 is 10.6 Å². The Hall–Kier alpha value is -2.71. The van der Waals surface area contributed by atoms with Crippen molar-refractivity contribution in [2.75, 3.05) is 12.4 Å². The molecule has 2 amide bonds. The Morgan fingerprint density at radius 3 is 2.52 bits per heavy atom. The van der Waals surface area contributed by atoms with E-state index in [-0.39, 0.29) is 29.3 Å². The summed E-state index contributed by atoms with van der Waals surface area (Å²) in [6.45, 7) is 0.259. The van der Waals surface area contributed by atoms with Crippen LogP contribution >= 0.6 is 0 Å². The van der Waals surface area contributed by atoms with Crippen molar-refractivity contribution in [2.24, 2.45) is 0 Å². The molecular formula is C21H23N3O4S. The number of benzene rings is 2. The van der Waals surface area contributed by atoms with Crippen LogP contribution in [0.25, 0.3) is 0 Å². The fraction of sp³-hybridized carbons (Fsp3) is 0.333. The van der Waals surface area contributed by atoms with Crippen LogP contribution in [0.4, 0.5) is 5.69 Å². The Labute approximate surface area is 170 Å². The standard InChI is InChI=1S/C21H23N3O4S/c1-22-21(26)15-4-2-14(3-5-15)13-24(17-7-8-17)29(27,28)18-9-10-19-16(12-18)6-11-20(25)23-19/h2-5,9-10,12,17H,6-8,11,13H2,1H3,(H,22,26)(H,23,25). The van der Waals surface area contributed by atoms with Crippen molar-refractivity contribution in [3.05, 3.63) is 59.2 Å². The molecule has 2 aromatic rings. The van der Waals surface area contributed by atoms with E-state index in [9.17, 15) is 18.0 Å². The van der Waals surface area contributed by atoms with Crippen LogP contribution < -0.4 is 10.6 Å². The number of hydrogen-bond acceptors (Lipinski definition) is 4. The number of hydrogen-bond donors (Lipinski definition) is 2. The lowest BCUT2D eigenvalue weighted by molar-refractivity contribution is -0.116. The highest BCUT2D eigenvalue weighted by Gasteiger charge is 2.38. The molecule has 152 valence electrons. The maximum atomic E-state index is 13.4. The van der Waals surface area contributed by atoms with Crippen molar-refractivity contribution in [1.29, 1.82) is 0 Å². The molecule has 1 aliphatic carbocycles. The quantitative estimate of drug-likeness (QED) is 0.760. The van der Waals surface area contributed by atoms with E-state index < -0.39 is 10.0 Å². The van der Waals surface area contributed by atoms with Gasteiger partial charge in [0.1, 0.15) is 0 Å². The number of carbonyl (C=O) groups excluding carboxylic acids is 2. The Balaban J connectivity index is 1.60. The average Bonchev–Trinajstić information content (AvgIpc) is 3.56. The van der Waals surface area contributed by atoms with Crippen molar-refractivity contribution in [3.8, 4) is 0 Å². The third-order valence-corrected chi connectivity index (χ3v) is 7.21. The minimum Gasteiger partial charge on any atom is -0.355 e. The van der Waals surface area contributed by atoms with Crippen molar-refractivity contribution in [1.82, 2.24) is 9.62 Å². The fourth-order valence-corrected chi connectivity index (χ4v) is 5.24. The molecule has 4 rings (SSSR count). The molecule has 7 nitrogen and oxygen atoms in total. The Morgan fingerprint density at radius 2 is 1.86 bits per heavy atom. The summed E-state index contributed by atoms with van der Waals surface area (Å²) in [6.07, 6.45) is 2.59. The smallest absolute Gasteiger partial charge is 0.251 e. The summed E-state index contributed by atoms with van der Waals surface area (Å²) >= 11 is 0. The molecule has 1 saturated carbocycles. The van der Waals surface area contributed by atoms with Crippen LogP contribution in [-0.4, -0.2) is 37.6 Å². The van der Waals surface area contributed by atoms with Crippen molar-refractivity contribution in [3.63, 3.8) is 0 Å². The van der Waals surface area contributed by atoms with Gasteiger partial charge >= 0.3 is 0 Å². The number of amides is 2. The molecule has 0 spiro atoms. The lowest BCUT2D eigenvalue weighted by atomic mass is 10.0. The van der Waals surface area contributed by atoms with Crippen molar-refractivity contribution in [2.45, 2.75) is 43.2 Å². The first-order chi connectivity index (χ1) is 13.9. The predicted octanol–water partition coefficient (Wildman–Crippen LogP) is 2.28. The number of anilines is 1. The number of nitrogens with zero attached hydrogens (tertiary/aromatic N) is 1. The van der Waals surface area contributed by atoms with E-state index in [2.05, 4.69) is 10.6 Å². The summed E-state index contributed by atoms with van der Waals surface area (Å²) in [5.41, 5.74) is 2.89. The van der Waals surface area contributed by atoms with Gasteiger partial charge in [0.2, 0.25) is 15.9 Å². The SMILES string of the molecule is CNC(=O)c1ccc(CN(C2CC2)S(=O)(=O)c2ccc3c(c2)CCC(=O)N3)cc1. The van der Waals surface area contributed by atoms with Gasteiger partial charge in [0.05, 0.1) is 4.90 Å². The lowest BCUT2D eigenvalue weighted by Crippen LogP contribution is -2.33. The number of rotatable bonds is 6. The molecule has 0 bridgehead atoms. The fourth-order valence-electron chi connectivity index (χ4n) is 3.51. The van der Waals surface area contributed by atoms with Gasteiger partial charge in [-0.25, -0.2) is 8.42 Å². The van der Waals surface area contributed by atoms with Gasteiger partial charge in [-0.1, -0.05) is 12.1 Å². The summed E-state index contributed by atoms with van der Waals surface area (Å²) in [7, 11) is -2.10. The predicted molar refractivity (Wildman–Crippen MR) is 109 cm³/mol. The molecule has 29 heavy (non-hydrogen) atoms. The van der Waals surface area contributed by atoms with Gasteiger partial charge in [-0.15, -0.1) is 0 Å². The zero-order valence-corrected chi connectivity index (χ0v) is 17.0. The van der Waals surface area contributed by atoms with Crippen LogP contribution in [0.1, 0.15) is 40.7 Å². The first kappa shape index (κ1) is 19.6. The molecular weight excluding hydrogens is 390 g/mol. The number of sulfonamides is 1. The molecule has 2 N–H and O–H groups in total. The van der Waals surface area contributed by atoms with Crippen LogP contribution in [-0.2, 0) is 27.8 Å². The van der Waals surface area contributed by atoms with E-state index in [4.69, 9.17) is 0 Å². The Bertz CT molecular complexity index is 1060. The van der Waals surface area contributed by atoms with E-state index in [1.54, 1.807) is 53.8 Å². The maximum absolute atomic E-state index is 13.4. The average molecular weight is 413 g/mol. The molecule has 0 aromatic heterocycles. The second-order valence-corrected chi connectivity index (χ2v) is 9.32. The van der Waals surface area contributed by atoms with Gasteiger partial charge in [0, 0.05) is 37.3 Å². The van der Waals surface area contributed by atoms with Crippen LogP contribution in [0.5, 0.6) is 0 Å². The first-order valence-electron chi connectivity index (χ1n) is 9.64. The second kappa shape index (κ2) is 7.61. The number of carbonyl (C=O) groups is 2. The number of fused-ring (bicyclic) bond motifs is 1. The van der Waals surface area contributed by atoms with Gasteiger partial charge in [-0.3, -0.25) is 9.59 Å². The molecule has 0 atom stereocenters. The van der Waals surface area contributed by atoms with E-state index in [1.807, 2.05) is 0 Å². The molecule has 1 aliphatic heterocycles. The molecule has 0 saturated heterocycles. The van der Waals surface area contributed by atoms with E-state index in [1.165, 1.54) is 0 Å². The van der Waals surface area contributed by atoms with Crippen LogP contribution in [0.3, 0.4) is 0 Å². The summed E-state index contributed by atoms with van der Waals surface area (Å²) in [4.78, 5) is 23.5.